The number of carbonyl (C=O) groups excluding carboxylic acids is 1. The SMILES string of the molecule is O=C(CC1CSc2nc3c(c(=O)n21)CCC3)N1CCN(c2ccc(-c3noc(C(F)(F)F)n3)cn2)CC1. The average Bonchev–Trinajstić information content (AvgIpc) is 3.65. The molecule has 0 saturated carbocycles. The Kier molecular flexibility index (Phi) is 5.92. The number of piperazine rings is 1. The number of halogens is 3. The molecule has 0 radical (unpaired) electrons. The molecule has 0 bridgehead atoms. The van der Waals surface area contributed by atoms with Gasteiger partial charge in [-0.25, -0.2) is 9.97 Å². The minimum absolute atomic E-state index is 0.00591. The quantitative estimate of drug-likeness (QED) is 0.468. The summed E-state index contributed by atoms with van der Waals surface area (Å²) in [6.45, 7) is 2.13. The summed E-state index contributed by atoms with van der Waals surface area (Å²) in [7, 11) is 0. The number of carbonyl (C=O) groups is 1. The van der Waals surface area contributed by atoms with Gasteiger partial charge in [-0.05, 0) is 31.4 Å². The van der Waals surface area contributed by atoms with Crippen LogP contribution >= 0.6 is 11.8 Å². The molecule has 0 aromatic carbocycles. The number of nitrogens with zero attached hydrogens (tertiary/aromatic N) is 7. The molecular weight excluding hydrogens is 511 g/mol. The highest BCUT2D eigenvalue weighted by atomic mass is 32.2. The average molecular weight is 534 g/mol. The zero-order valence-electron chi connectivity index (χ0n) is 19.6. The van der Waals surface area contributed by atoms with Crippen LogP contribution in [0.3, 0.4) is 0 Å². The van der Waals surface area contributed by atoms with Gasteiger partial charge in [-0.2, -0.15) is 18.2 Å². The van der Waals surface area contributed by atoms with E-state index in [0.29, 0.717) is 43.3 Å². The summed E-state index contributed by atoms with van der Waals surface area (Å²) in [4.78, 5) is 42.2. The van der Waals surface area contributed by atoms with Gasteiger partial charge in [0, 0.05) is 55.7 Å². The van der Waals surface area contributed by atoms with Crippen LogP contribution in [0.15, 0.2) is 32.8 Å². The number of amides is 1. The normalized spacial score (nSPS) is 19.3. The highest BCUT2D eigenvalue weighted by Gasteiger charge is 2.38. The second kappa shape index (κ2) is 9.15. The lowest BCUT2D eigenvalue weighted by atomic mass is 10.1. The van der Waals surface area contributed by atoms with E-state index in [0.717, 1.165) is 35.7 Å². The van der Waals surface area contributed by atoms with E-state index in [9.17, 15) is 22.8 Å². The van der Waals surface area contributed by atoms with E-state index < -0.39 is 12.1 Å². The molecule has 10 nitrogen and oxygen atoms in total. The van der Waals surface area contributed by atoms with Crippen molar-refractivity contribution in [2.45, 2.75) is 43.1 Å². The van der Waals surface area contributed by atoms with Crippen LogP contribution in [0, 0.1) is 0 Å². The Hall–Kier alpha value is -3.42. The Bertz CT molecular complexity index is 1400. The highest BCUT2D eigenvalue weighted by Crippen LogP contribution is 2.34. The summed E-state index contributed by atoms with van der Waals surface area (Å²) in [5.74, 6) is -0.281. The number of aromatic nitrogens is 5. The number of fused-ring (bicyclic) bond motifs is 2. The van der Waals surface area contributed by atoms with Crippen molar-refractivity contribution in [3.63, 3.8) is 0 Å². The third kappa shape index (κ3) is 4.47. The van der Waals surface area contributed by atoms with Crippen molar-refractivity contribution >= 4 is 23.5 Å². The van der Waals surface area contributed by atoms with Crippen LogP contribution in [0.2, 0.25) is 0 Å². The molecule has 3 aromatic heterocycles. The van der Waals surface area contributed by atoms with Crippen molar-refractivity contribution in [1.82, 2.24) is 29.6 Å². The Morgan fingerprint density at radius 3 is 2.65 bits per heavy atom. The Labute approximate surface area is 212 Å². The fourth-order valence-electron chi connectivity index (χ4n) is 4.98. The predicted molar refractivity (Wildman–Crippen MR) is 126 cm³/mol. The van der Waals surface area contributed by atoms with Gasteiger partial charge in [0.1, 0.15) is 5.82 Å². The molecule has 1 unspecified atom stereocenters. The van der Waals surface area contributed by atoms with Crippen molar-refractivity contribution in [2.24, 2.45) is 0 Å². The molecule has 1 aliphatic carbocycles. The monoisotopic (exact) mass is 533 g/mol. The number of thioether (sulfide) groups is 1. The van der Waals surface area contributed by atoms with Crippen LogP contribution in [0.25, 0.3) is 11.4 Å². The van der Waals surface area contributed by atoms with Gasteiger partial charge in [0.05, 0.1) is 11.7 Å². The Morgan fingerprint density at radius 2 is 1.95 bits per heavy atom. The van der Waals surface area contributed by atoms with Crippen LogP contribution < -0.4 is 10.5 Å². The van der Waals surface area contributed by atoms with Crippen LogP contribution in [0.5, 0.6) is 0 Å². The fourth-order valence-corrected chi connectivity index (χ4v) is 6.13. The summed E-state index contributed by atoms with van der Waals surface area (Å²) in [6.07, 6.45) is -0.489. The van der Waals surface area contributed by atoms with Crippen molar-refractivity contribution in [3.8, 4) is 11.4 Å². The zero-order valence-corrected chi connectivity index (χ0v) is 20.4. The van der Waals surface area contributed by atoms with E-state index >= 15 is 0 Å². The highest BCUT2D eigenvalue weighted by molar-refractivity contribution is 7.99. The molecule has 1 atom stereocenters. The third-order valence-corrected chi connectivity index (χ3v) is 8.01. The topological polar surface area (TPSA) is 110 Å². The summed E-state index contributed by atoms with van der Waals surface area (Å²) < 4.78 is 44.1. The second-order valence-corrected chi connectivity index (χ2v) is 10.2. The van der Waals surface area contributed by atoms with E-state index in [1.165, 1.54) is 18.0 Å². The number of alkyl halides is 3. The van der Waals surface area contributed by atoms with Gasteiger partial charge in [-0.1, -0.05) is 16.9 Å². The van der Waals surface area contributed by atoms with Crippen molar-refractivity contribution in [3.05, 3.63) is 45.8 Å². The van der Waals surface area contributed by atoms with Crippen molar-refractivity contribution in [2.75, 3.05) is 36.8 Å². The first-order chi connectivity index (χ1) is 17.8. The van der Waals surface area contributed by atoms with Gasteiger partial charge < -0.3 is 14.3 Å². The maximum Gasteiger partial charge on any atom is 0.471 e. The number of anilines is 1. The minimum atomic E-state index is -4.71. The van der Waals surface area contributed by atoms with E-state index in [2.05, 4.69) is 24.6 Å². The van der Waals surface area contributed by atoms with Gasteiger partial charge in [-0.15, -0.1) is 0 Å². The number of pyridine rings is 1. The molecule has 14 heteroatoms. The summed E-state index contributed by atoms with van der Waals surface area (Å²) in [5.41, 5.74) is 2.03. The van der Waals surface area contributed by atoms with Crippen LogP contribution in [-0.2, 0) is 23.8 Å². The molecule has 1 amide bonds. The summed E-state index contributed by atoms with van der Waals surface area (Å²) >= 11 is 1.54. The third-order valence-electron chi connectivity index (χ3n) is 6.91. The Morgan fingerprint density at radius 1 is 1.14 bits per heavy atom. The molecule has 3 aliphatic rings. The van der Waals surface area contributed by atoms with Crippen LogP contribution in [0.1, 0.15) is 36.0 Å². The van der Waals surface area contributed by atoms with E-state index in [1.54, 1.807) is 21.6 Å². The number of aryl methyl sites for hydroxylation is 1. The lowest BCUT2D eigenvalue weighted by Crippen LogP contribution is -2.49. The molecular formula is C23H22F3N7O3S. The maximum atomic E-state index is 13.1. The molecule has 5 heterocycles. The summed E-state index contributed by atoms with van der Waals surface area (Å²) in [6, 6.07) is 3.08. The van der Waals surface area contributed by atoms with Crippen molar-refractivity contribution in [1.29, 1.82) is 0 Å². The van der Waals surface area contributed by atoms with Crippen molar-refractivity contribution < 1.29 is 22.5 Å². The van der Waals surface area contributed by atoms with Crippen LogP contribution in [-0.4, -0.2) is 67.4 Å². The Balaban J connectivity index is 1.06. The molecule has 3 aromatic rings. The molecule has 0 N–H and O–H groups in total. The lowest BCUT2D eigenvalue weighted by molar-refractivity contribution is -0.159. The molecule has 37 heavy (non-hydrogen) atoms. The van der Waals surface area contributed by atoms with Gasteiger partial charge >= 0.3 is 12.1 Å². The van der Waals surface area contributed by atoms with Gasteiger partial charge in [0.15, 0.2) is 5.16 Å². The fraction of sp³-hybridized carbons (Fsp3) is 0.478. The van der Waals surface area contributed by atoms with Gasteiger partial charge in [-0.3, -0.25) is 14.2 Å². The standard InChI is InChI=1S/C23H22F3N7O3S/c24-23(25,26)21-29-19(30-36-21)13-4-5-17(27-11-13)31-6-8-32(9-7-31)18(34)10-14-12-37-22-28-16-3-1-2-15(16)20(35)33(14)22/h4-5,11,14H,1-3,6-10,12H2. The number of hydrogen-bond donors (Lipinski definition) is 0. The molecule has 1 saturated heterocycles. The number of rotatable bonds is 4. The first-order valence-electron chi connectivity index (χ1n) is 11.9. The smallest absolute Gasteiger partial charge is 0.353 e. The first-order valence-corrected chi connectivity index (χ1v) is 12.9. The lowest BCUT2D eigenvalue weighted by Gasteiger charge is -2.36. The maximum absolute atomic E-state index is 13.1. The molecule has 1 fully saturated rings. The molecule has 0 spiro atoms. The van der Waals surface area contributed by atoms with Gasteiger partial charge in [0.2, 0.25) is 11.7 Å². The predicted octanol–water partition coefficient (Wildman–Crippen LogP) is 2.58. The summed E-state index contributed by atoms with van der Waals surface area (Å²) in [5, 5.41) is 4.09. The van der Waals surface area contributed by atoms with E-state index in [-0.39, 0.29) is 29.8 Å². The largest absolute Gasteiger partial charge is 0.471 e. The number of hydrogen-bond acceptors (Lipinski definition) is 9. The molecule has 194 valence electrons. The van der Waals surface area contributed by atoms with E-state index in [4.69, 9.17) is 0 Å². The second-order valence-electron chi connectivity index (χ2n) is 9.21. The van der Waals surface area contributed by atoms with E-state index in [1.807, 2.05) is 4.90 Å². The molecule has 2 aliphatic heterocycles. The van der Waals surface area contributed by atoms with Gasteiger partial charge in [0.25, 0.3) is 5.56 Å². The minimum Gasteiger partial charge on any atom is -0.353 e. The zero-order chi connectivity index (χ0) is 25.7. The molecule has 6 rings (SSSR count). The first kappa shape index (κ1) is 23.9. The van der Waals surface area contributed by atoms with Crippen LogP contribution in [0.4, 0.5) is 19.0 Å².